The summed E-state index contributed by atoms with van der Waals surface area (Å²) in [5, 5.41) is 3.26. The molecule has 10 heavy (non-hydrogen) atoms. The average Bonchev–Trinajstić information content (AvgIpc) is 2.21. The van der Waals surface area contributed by atoms with Crippen LogP contribution in [0.3, 0.4) is 0 Å². The molecule has 0 aliphatic carbocycles. The zero-order valence-electron chi connectivity index (χ0n) is 6.05. The Hall–Kier alpha value is -0.0200. The zero-order valence-corrected chi connectivity index (χ0v) is 7.68. The molecule has 1 nitrogen and oxygen atoms in total. The minimum Gasteiger partial charge on any atom is -0.235 e. The minimum atomic E-state index is 0.759. The van der Waals surface area contributed by atoms with Crippen molar-refractivity contribution in [2.24, 2.45) is 0 Å². The number of aryl methyl sites for hydroxylation is 1. The van der Waals surface area contributed by atoms with Crippen LogP contribution in [0.4, 0.5) is 0 Å². The Kier molecular flexibility index (Phi) is 1.49. The fraction of sp³-hybridized carbons (Fsp3) is 0.571. The van der Waals surface area contributed by atoms with E-state index < -0.39 is 0 Å². The minimum absolute atomic E-state index is 0.759. The van der Waals surface area contributed by atoms with Crippen LogP contribution >= 0.6 is 23.1 Å². The largest absolute Gasteiger partial charge is 0.235 e. The lowest BCUT2D eigenvalue weighted by molar-refractivity contribution is 0.974. The van der Waals surface area contributed by atoms with Gasteiger partial charge in [0.05, 0.1) is 5.01 Å². The van der Waals surface area contributed by atoms with E-state index in [-0.39, 0.29) is 0 Å². The summed E-state index contributed by atoms with van der Waals surface area (Å²) in [6.07, 6.45) is 1.23. The van der Waals surface area contributed by atoms with Crippen molar-refractivity contribution in [3.63, 3.8) is 0 Å². The number of aromatic nitrogens is 1. The molecule has 1 aliphatic heterocycles. The van der Waals surface area contributed by atoms with Crippen LogP contribution in [0.25, 0.3) is 0 Å². The van der Waals surface area contributed by atoms with Gasteiger partial charge in [-0.2, -0.15) is 0 Å². The maximum Gasteiger partial charge on any atom is 0.111 e. The van der Waals surface area contributed by atoms with E-state index in [1.807, 2.05) is 23.1 Å². The summed E-state index contributed by atoms with van der Waals surface area (Å²) in [5.74, 6) is 0. The molecule has 1 aliphatic rings. The van der Waals surface area contributed by atoms with Crippen molar-refractivity contribution in [3.05, 3.63) is 9.88 Å². The molecule has 0 radical (unpaired) electrons. The van der Waals surface area contributed by atoms with E-state index in [9.17, 15) is 0 Å². The van der Waals surface area contributed by atoms with Crippen molar-refractivity contribution in [2.75, 3.05) is 0 Å². The van der Waals surface area contributed by atoms with Gasteiger partial charge in [-0.25, -0.2) is 4.98 Å². The molecule has 0 fully saturated rings. The molecule has 0 saturated carbocycles. The van der Waals surface area contributed by atoms with Crippen LogP contribution in [0.15, 0.2) is 5.03 Å². The lowest BCUT2D eigenvalue weighted by Gasteiger charge is -1.94. The Morgan fingerprint density at radius 1 is 1.60 bits per heavy atom. The Balaban J connectivity index is 2.39. The van der Waals surface area contributed by atoms with Gasteiger partial charge in [0.2, 0.25) is 0 Å². The lowest BCUT2D eigenvalue weighted by Crippen LogP contribution is -1.89. The molecule has 1 aromatic heterocycles. The highest BCUT2D eigenvalue weighted by molar-refractivity contribution is 8.00. The summed E-state index contributed by atoms with van der Waals surface area (Å²) >= 11 is 3.76. The monoisotopic (exact) mass is 171 g/mol. The Morgan fingerprint density at radius 3 is 3.10 bits per heavy atom. The first kappa shape index (κ1) is 6.68. The molecule has 1 aromatic rings. The van der Waals surface area contributed by atoms with Gasteiger partial charge in [0.1, 0.15) is 5.03 Å². The fourth-order valence-corrected chi connectivity index (χ4v) is 3.59. The van der Waals surface area contributed by atoms with Crippen LogP contribution in [0, 0.1) is 6.92 Å². The van der Waals surface area contributed by atoms with Crippen molar-refractivity contribution >= 4 is 23.1 Å². The topological polar surface area (TPSA) is 12.9 Å². The first-order valence-corrected chi connectivity index (χ1v) is 5.08. The highest BCUT2D eigenvalue weighted by atomic mass is 32.2. The zero-order chi connectivity index (χ0) is 7.14. The number of rotatable bonds is 0. The van der Waals surface area contributed by atoms with E-state index in [1.54, 1.807) is 0 Å². The quantitative estimate of drug-likeness (QED) is 0.595. The molecule has 0 bridgehead atoms. The van der Waals surface area contributed by atoms with Gasteiger partial charge >= 0.3 is 0 Å². The third-order valence-corrected chi connectivity index (χ3v) is 3.81. The van der Waals surface area contributed by atoms with Crippen molar-refractivity contribution in [1.29, 1.82) is 0 Å². The molecule has 0 amide bonds. The standard InChI is InChI=1S/C7H9NS2/c1-4-3-6-7(9-4)8-5(2)10-6/h4H,3H2,1-2H3. The van der Waals surface area contributed by atoms with E-state index in [4.69, 9.17) is 0 Å². The highest BCUT2D eigenvalue weighted by Gasteiger charge is 2.21. The Bertz CT molecular complexity index is 231. The van der Waals surface area contributed by atoms with Crippen molar-refractivity contribution in [2.45, 2.75) is 30.5 Å². The molecule has 2 rings (SSSR count). The van der Waals surface area contributed by atoms with Gasteiger partial charge in [-0.3, -0.25) is 0 Å². The SMILES string of the molecule is Cc1nc2c(s1)CC(C)S2. The maximum absolute atomic E-state index is 4.42. The maximum atomic E-state index is 4.42. The molecule has 0 saturated heterocycles. The predicted molar refractivity (Wildman–Crippen MR) is 45.9 cm³/mol. The van der Waals surface area contributed by atoms with Gasteiger partial charge in [0.25, 0.3) is 0 Å². The highest BCUT2D eigenvalue weighted by Crippen LogP contribution is 2.39. The summed E-state index contributed by atoms with van der Waals surface area (Å²) in [6.45, 7) is 4.34. The summed E-state index contributed by atoms with van der Waals surface area (Å²) in [6, 6.07) is 0. The number of hydrogen-bond acceptors (Lipinski definition) is 3. The van der Waals surface area contributed by atoms with Crippen molar-refractivity contribution < 1.29 is 0 Å². The average molecular weight is 171 g/mol. The number of thiazole rings is 1. The van der Waals surface area contributed by atoms with E-state index in [2.05, 4.69) is 18.8 Å². The lowest BCUT2D eigenvalue weighted by atomic mass is 10.3. The molecular weight excluding hydrogens is 162 g/mol. The number of hydrogen-bond donors (Lipinski definition) is 0. The number of thioether (sulfide) groups is 1. The first-order valence-electron chi connectivity index (χ1n) is 3.38. The van der Waals surface area contributed by atoms with Crippen molar-refractivity contribution in [3.8, 4) is 0 Å². The molecular formula is C7H9NS2. The second kappa shape index (κ2) is 2.24. The van der Waals surface area contributed by atoms with Crippen LogP contribution in [0.2, 0.25) is 0 Å². The van der Waals surface area contributed by atoms with Crippen LogP contribution in [0.5, 0.6) is 0 Å². The molecule has 1 unspecified atom stereocenters. The van der Waals surface area contributed by atoms with Gasteiger partial charge in [0.15, 0.2) is 0 Å². The van der Waals surface area contributed by atoms with E-state index in [1.165, 1.54) is 21.3 Å². The normalized spacial score (nSPS) is 23.2. The molecule has 0 spiro atoms. The summed E-state index contributed by atoms with van der Waals surface area (Å²) < 4.78 is 0. The van der Waals surface area contributed by atoms with Gasteiger partial charge < -0.3 is 0 Å². The Labute approximate surface area is 68.9 Å². The molecule has 0 N–H and O–H groups in total. The van der Waals surface area contributed by atoms with E-state index in [0.29, 0.717) is 0 Å². The third kappa shape index (κ3) is 0.974. The van der Waals surface area contributed by atoms with Gasteiger partial charge in [0, 0.05) is 10.1 Å². The molecule has 2 heterocycles. The number of nitrogens with zero attached hydrogens (tertiary/aromatic N) is 1. The predicted octanol–water partition coefficient (Wildman–Crippen LogP) is 2.49. The first-order chi connectivity index (χ1) is 4.75. The van der Waals surface area contributed by atoms with Gasteiger partial charge in [-0.05, 0) is 13.3 Å². The molecule has 0 aromatic carbocycles. The van der Waals surface area contributed by atoms with Crippen LogP contribution in [0.1, 0.15) is 16.8 Å². The van der Waals surface area contributed by atoms with Crippen LogP contribution < -0.4 is 0 Å². The smallest absolute Gasteiger partial charge is 0.111 e. The molecule has 54 valence electrons. The summed E-state index contributed by atoms with van der Waals surface area (Å²) in [7, 11) is 0. The summed E-state index contributed by atoms with van der Waals surface area (Å²) in [5.41, 5.74) is 0. The van der Waals surface area contributed by atoms with E-state index in [0.717, 1.165) is 5.25 Å². The Morgan fingerprint density at radius 2 is 2.40 bits per heavy atom. The van der Waals surface area contributed by atoms with Crippen LogP contribution in [-0.4, -0.2) is 10.2 Å². The summed E-state index contributed by atoms with van der Waals surface area (Å²) in [4.78, 5) is 5.92. The second-order valence-electron chi connectivity index (χ2n) is 2.59. The van der Waals surface area contributed by atoms with Gasteiger partial charge in [-0.1, -0.05) is 6.92 Å². The molecule has 3 heteroatoms. The second-order valence-corrected chi connectivity index (χ2v) is 5.31. The van der Waals surface area contributed by atoms with Crippen molar-refractivity contribution in [1.82, 2.24) is 4.98 Å². The molecule has 1 atom stereocenters. The third-order valence-electron chi connectivity index (χ3n) is 1.55. The van der Waals surface area contributed by atoms with E-state index >= 15 is 0 Å². The van der Waals surface area contributed by atoms with Gasteiger partial charge in [-0.15, -0.1) is 23.1 Å². The fourth-order valence-electron chi connectivity index (χ4n) is 1.16. The number of fused-ring (bicyclic) bond motifs is 1. The van der Waals surface area contributed by atoms with Crippen LogP contribution in [-0.2, 0) is 6.42 Å².